The lowest BCUT2D eigenvalue weighted by Gasteiger charge is -2.49. The van der Waals surface area contributed by atoms with Gasteiger partial charge in [-0.25, -0.2) is 4.39 Å². The molecule has 6 heteroatoms. The van der Waals surface area contributed by atoms with E-state index in [0.29, 0.717) is 29.0 Å². The van der Waals surface area contributed by atoms with E-state index in [2.05, 4.69) is 17.1 Å². The van der Waals surface area contributed by atoms with Crippen molar-refractivity contribution in [3.05, 3.63) is 41.9 Å². The molecule has 4 heterocycles. The molecule has 3 N–H and O–H groups in total. The Morgan fingerprint density at radius 1 is 1.28 bits per heavy atom. The summed E-state index contributed by atoms with van der Waals surface area (Å²) in [6.07, 6.45) is 2.24. The molecular formula is C19H22FN3O2. The lowest BCUT2D eigenvalue weighted by molar-refractivity contribution is 0.0211. The number of carbonyl (C=O) groups is 1. The second-order valence-corrected chi connectivity index (χ2v) is 7.02. The monoisotopic (exact) mass is 343 g/mol. The van der Waals surface area contributed by atoms with Crippen molar-refractivity contribution < 1.29 is 13.6 Å². The predicted molar refractivity (Wildman–Crippen MR) is 93.5 cm³/mol. The van der Waals surface area contributed by atoms with E-state index in [9.17, 15) is 9.18 Å². The molecule has 0 spiro atoms. The molecule has 1 aromatic heterocycles. The first-order valence-electron chi connectivity index (χ1n) is 8.73. The van der Waals surface area contributed by atoms with Gasteiger partial charge in [-0.3, -0.25) is 9.69 Å². The standard InChI is InChI=1S/C19H22FN3O2/c1-11-18(12-6-8-23(11)9-7-12)22-19(24)17-5-4-16(25-17)14-3-2-13(21)10-15(14)20/h2-5,10-12,18H,6-9,21H2,1H3,(H,22,24)/t11-,18+/m1/s1. The Morgan fingerprint density at radius 3 is 2.72 bits per heavy atom. The number of hydrogen-bond donors (Lipinski definition) is 2. The summed E-state index contributed by atoms with van der Waals surface area (Å²) >= 11 is 0. The van der Waals surface area contributed by atoms with Gasteiger partial charge in [-0.2, -0.15) is 0 Å². The number of piperidine rings is 3. The van der Waals surface area contributed by atoms with E-state index in [-0.39, 0.29) is 17.7 Å². The molecule has 0 radical (unpaired) electrons. The zero-order valence-corrected chi connectivity index (χ0v) is 14.2. The minimum absolute atomic E-state index is 0.136. The van der Waals surface area contributed by atoms with Gasteiger partial charge in [0.2, 0.25) is 0 Å². The number of halogens is 1. The van der Waals surface area contributed by atoms with Crippen LogP contribution in [0.1, 0.15) is 30.3 Å². The Balaban J connectivity index is 1.51. The lowest BCUT2D eigenvalue weighted by atomic mass is 9.79. The summed E-state index contributed by atoms with van der Waals surface area (Å²) in [5.41, 5.74) is 6.21. The predicted octanol–water partition coefficient (Wildman–Crippen LogP) is 2.88. The molecule has 2 bridgehead atoms. The van der Waals surface area contributed by atoms with Crippen LogP contribution >= 0.6 is 0 Å². The van der Waals surface area contributed by atoms with Crippen molar-refractivity contribution in [1.82, 2.24) is 10.2 Å². The number of nitrogens with one attached hydrogen (secondary N) is 1. The Kier molecular flexibility index (Phi) is 4.00. The number of nitrogen functional groups attached to an aromatic ring is 1. The maximum absolute atomic E-state index is 14.0. The average Bonchev–Trinajstić information content (AvgIpc) is 3.08. The first-order valence-corrected chi connectivity index (χ1v) is 8.73. The topological polar surface area (TPSA) is 71.5 Å². The van der Waals surface area contributed by atoms with E-state index in [1.165, 1.54) is 6.07 Å². The van der Waals surface area contributed by atoms with E-state index >= 15 is 0 Å². The van der Waals surface area contributed by atoms with Crippen molar-refractivity contribution in [2.75, 3.05) is 18.8 Å². The zero-order valence-electron chi connectivity index (χ0n) is 14.2. The Bertz CT molecular complexity index is 794. The first kappa shape index (κ1) is 16.1. The average molecular weight is 343 g/mol. The molecule has 1 aromatic carbocycles. The number of nitrogens with zero attached hydrogens (tertiary/aromatic N) is 1. The number of fused-ring (bicyclic) bond motifs is 3. The van der Waals surface area contributed by atoms with Gasteiger partial charge in [-0.1, -0.05) is 0 Å². The van der Waals surface area contributed by atoms with Gasteiger partial charge in [0.15, 0.2) is 5.76 Å². The van der Waals surface area contributed by atoms with Gasteiger partial charge < -0.3 is 15.5 Å². The number of hydrogen-bond acceptors (Lipinski definition) is 4. The van der Waals surface area contributed by atoms with Crippen LogP contribution in [0.3, 0.4) is 0 Å². The fraction of sp³-hybridized carbons (Fsp3) is 0.421. The van der Waals surface area contributed by atoms with Gasteiger partial charge >= 0.3 is 0 Å². The molecular weight excluding hydrogens is 321 g/mol. The molecule has 2 atom stereocenters. The molecule has 0 saturated carbocycles. The minimum Gasteiger partial charge on any atom is -0.451 e. The molecule has 0 aliphatic carbocycles. The molecule has 3 saturated heterocycles. The summed E-state index contributed by atoms with van der Waals surface area (Å²) < 4.78 is 19.6. The van der Waals surface area contributed by atoms with Gasteiger partial charge in [0.1, 0.15) is 11.6 Å². The van der Waals surface area contributed by atoms with Crippen molar-refractivity contribution in [1.29, 1.82) is 0 Å². The van der Waals surface area contributed by atoms with Crippen LogP contribution in [0.4, 0.5) is 10.1 Å². The highest BCUT2D eigenvalue weighted by Gasteiger charge is 2.40. The van der Waals surface area contributed by atoms with Crippen LogP contribution in [0.5, 0.6) is 0 Å². The third-order valence-electron chi connectivity index (χ3n) is 5.56. The molecule has 5 rings (SSSR count). The summed E-state index contributed by atoms with van der Waals surface area (Å²) in [5, 5.41) is 3.12. The highest BCUT2D eigenvalue weighted by atomic mass is 19.1. The molecule has 0 unspecified atom stereocenters. The molecule has 3 aliphatic heterocycles. The van der Waals surface area contributed by atoms with E-state index < -0.39 is 5.82 Å². The molecule has 25 heavy (non-hydrogen) atoms. The van der Waals surface area contributed by atoms with Crippen molar-refractivity contribution in [2.45, 2.75) is 31.8 Å². The third-order valence-corrected chi connectivity index (χ3v) is 5.56. The van der Waals surface area contributed by atoms with Crippen LogP contribution < -0.4 is 11.1 Å². The molecule has 132 valence electrons. The second kappa shape index (κ2) is 6.19. The summed E-state index contributed by atoms with van der Waals surface area (Å²) in [7, 11) is 0. The maximum Gasteiger partial charge on any atom is 0.287 e. The number of rotatable bonds is 3. The highest BCUT2D eigenvalue weighted by molar-refractivity contribution is 5.92. The number of furan rings is 1. The number of anilines is 1. The zero-order chi connectivity index (χ0) is 17.6. The van der Waals surface area contributed by atoms with Crippen molar-refractivity contribution in [2.24, 2.45) is 5.92 Å². The summed E-state index contributed by atoms with van der Waals surface area (Å²) in [6.45, 7) is 4.38. The van der Waals surface area contributed by atoms with Crippen molar-refractivity contribution >= 4 is 11.6 Å². The summed E-state index contributed by atoms with van der Waals surface area (Å²) in [4.78, 5) is 15.0. The normalized spacial score (nSPS) is 28.1. The molecule has 3 aliphatic rings. The Morgan fingerprint density at radius 2 is 2.04 bits per heavy atom. The fourth-order valence-corrected chi connectivity index (χ4v) is 4.10. The van der Waals surface area contributed by atoms with Crippen molar-refractivity contribution in [3.63, 3.8) is 0 Å². The highest BCUT2D eigenvalue weighted by Crippen LogP contribution is 2.32. The van der Waals surface area contributed by atoms with Crippen LogP contribution in [0, 0.1) is 11.7 Å². The Labute approximate surface area is 146 Å². The van der Waals surface area contributed by atoms with Crippen LogP contribution in [0.15, 0.2) is 34.7 Å². The van der Waals surface area contributed by atoms with Crippen LogP contribution in [-0.2, 0) is 0 Å². The molecule has 3 fully saturated rings. The van der Waals surface area contributed by atoms with Gasteiger partial charge in [-0.05, 0) is 69.1 Å². The number of amides is 1. The van der Waals surface area contributed by atoms with Gasteiger partial charge in [0, 0.05) is 17.8 Å². The van der Waals surface area contributed by atoms with E-state index in [1.54, 1.807) is 24.3 Å². The summed E-state index contributed by atoms with van der Waals surface area (Å²) in [6, 6.07) is 8.08. The second-order valence-electron chi connectivity index (χ2n) is 7.02. The van der Waals surface area contributed by atoms with Gasteiger partial charge in [0.05, 0.1) is 5.56 Å². The SMILES string of the molecule is C[C@@H]1[C@H](NC(=O)c2ccc(-c3ccc(N)cc3F)o2)C2CCN1CC2. The number of nitrogens with two attached hydrogens (primary N) is 1. The molecule has 2 aromatic rings. The number of benzene rings is 1. The first-order chi connectivity index (χ1) is 12.0. The quantitative estimate of drug-likeness (QED) is 0.841. The minimum atomic E-state index is -0.465. The number of carbonyl (C=O) groups excluding carboxylic acids is 1. The van der Waals surface area contributed by atoms with Crippen LogP contribution in [0.25, 0.3) is 11.3 Å². The van der Waals surface area contributed by atoms with Gasteiger partial charge in [0.25, 0.3) is 5.91 Å². The van der Waals surface area contributed by atoms with E-state index in [1.807, 2.05) is 0 Å². The van der Waals surface area contributed by atoms with E-state index in [0.717, 1.165) is 25.9 Å². The van der Waals surface area contributed by atoms with Crippen LogP contribution in [-0.4, -0.2) is 36.0 Å². The fourth-order valence-electron chi connectivity index (χ4n) is 4.10. The van der Waals surface area contributed by atoms with Gasteiger partial charge in [-0.15, -0.1) is 0 Å². The largest absolute Gasteiger partial charge is 0.451 e. The van der Waals surface area contributed by atoms with E-state index in [4.69, 9.17) is 10.2 Å². The molecule has 5 nitrogen and oxygen atoms in total. The smallest absolute Gasteiger partial charge is 0.287 e. The Hall–Kier alpha value is -2.34. The molecule has 1 amide bonds. The van der Waals surface area contributed by atoms with Crippen molar-refractivity contribution in [3.8, 4) is 11.3 Å². The van der Waals surface area contributed by atoms with Crippen LogP contribution in [0.2, 0.25) is 0 Å². The third kappa shape index (κ3) is 2.91. The summed E-state index contributed by atoms with van der Waals surface area (Å²) in [5.74, 6) is 0.340. The maximum atomic E-state index is 14.0. The lowest BCUT2D eigenvalue weighted by Crippen LogP contribution is -2.62.